The predicted molar refractivity (Wildman–Crippen MR) is 64.0 cm³/mol. The third-order valence-electron chi connectivity index (χ3n) is 2.80. The highest BCUT2D eigenvalue weighted by Gasteiger charge is 2.47. The van der Waals surface area contributed by atoms with Gasteiger partial charge in [-0.05, 0) is 33.6 Å². The van der Waals surface area contributed by atoms with Crippen molar-refractivity contribution in [2.75, 3.05) is 7.11 Å². The topological polar surface area (TPSA) is 84.9 Å². The lowest BCUT2D eigenvalue weighted by molar-refractivity contribution is -0.148. The molecule has 0 unspecified atom stereocenters. The average molecular weight is 259 g/mol. The minimum atomic E-state index is -1.17. The smallest absolute Gasteiger partial charge is 0.408 e. The second-order valence-electron chi connectivity index (χ2n) is 5.60. The summed E-state index contributed by atoms with van der Waals surface area (Å²) in [6.07, 6.45) is -0.342. The molecule has 0 aliphatic heterocycles. The van der Waals surface area contributed by atoms with E-state index in [9.17, 15) is 14.7 Å². The molecule has 0 bridgehead atoms. The fourth-order valence-corrected chi connectivity index (χ4v) is 2.06. The van der Waals surface area contributed by atoms with Gasteiger partial charge in [-0.25, -0.2) is 9.59 Å². The molecule has 18 heavy (non-hydrogen) atoms. The summed E-state index contributed by atoms with van der Waals surface area (Å²) in [5.74, 6) is -0.551. The number of amides is 1. The molecule has 2 N–H and O–H groups in total. The summed E-state index contributed by atoms with van der Waals surface area (Å²) in [6.45, 7) is 5.21. The summed E-state index contributed by atoms with van der Waals surface area (Å²) in [4.78, 5) is 23.5. The molecule has 0 radical (unpaired) electrons. The fraction of sp³-hybridized carbons (Fsp3) is 0.833. The van der Waals surface area contributed by atoms with Crippen LogP contribution in [0.2, 0.25) is 0 Å². The number of alkyl carbamates (subject to hydrolysis) is 1. The number of nitrogens with one attached hydrogen (secondary N) is 1. The van der Waals surface area contributed by atoms with Gasteiger partial charge in [0.05, 0.1) is 13.2 Å². The van der Waals surface area contributed by atoms with Crippen molar-refractivity contribution in [1.82, 2.24) is 5.32 Å². The second-order valence-corrected chi connectivity index (χ2v) is 5.60. The Kier molecular flexibility index (Phi) is 4.21. The molecule has 0 aromatic heterocycles. The minimum Gasteiger partial charge on any atom is -0.467 e. The van der Waals surface area contributed by atoms with Crippen LogP contribution in [0.3, 0.4) is 0 Å². The summed E-state index contributed by atoms with van der Waals surface area (Å²) in [7, 11) is 1.26. The first-order chi connectivity index (χ1) is 8.18. The van der Waals surface area contributed by atoms with E-state index in [1.165, 1.54) is 7.11 Å². The molecular formula is C12H21NO5. The van der Waals surface area contributed by atoms with Crippen LogP contribution < -0.4 is 5.32 Å². The summed E-state index contributed by atoms with van der Waals surface area (Å²) in [5.41, 5.74) is -1.81. The van der Waals surface area contributed by atoms with Crippen LogP contribution in [-0.4, -0.2) is 41.5 Å². The van der Waals surface area contributed by atoms with E-state index >= 15 is 0 Å². The van der Waals surface area contributed by atoms with Crippen molar-refractivity contribution in [3.8, 4) is 0 Å². The zero-order valence-corrected chi connectivity index (χ0v) is 11.3. The molecule has 2 atom stereocenters. The Morgan fingerprint density at radius 2 is 2.00 bits per heavy atom. The highest BCUT2D eigenvalue weighted by Crippen LogP contribution is 2.31. The standard InChI is InChI=1S/C12H21NO5/c1-11(2,3)18-10(16)13-12(9(15)17-4)6-5-8(14)7-12/h8,14H,5-7H2,1-4H3,(H,13,16)/t8-,12-/m1/s1. The Labute approximate surface area is 107 Å². The number of esters is 1. The number of hydrogen-bond donors (Lipinski definition) is 2. The molecule has 0 saturated heterocycles. The van der Waals surface area contributed by atoms with Crippen LogP contribution in [0.5, 0.6) is 0 Å². The maximum absolute atomic E-state index is 11.8. The van der Waals surface area contributed by atoms with Gasteiger partial charge in [-0.1, -0.05) is 0 Å². The monoisotopic (exact) mass is 259 g/mol. The van der Waals surface area contributed by atoms with Crippen molar-refractivity contribution in [2.45, 2.75) is 57.3 Å². The van der Waals surface area contributed by atoms with Gasteiger partial charge in [0, 0.05) is 6.42 Å². The highest BCUT2D eigenvalue weighted by molar-refractivity contribution is 5.86. The van der Waals surface area contributed by atoms with Gasteiger partial charge in [0.2, 0.25) is 0 Å². The molecule has 1 fully saturated rings. The van der Waals surface area contributed by atoms with Gasteiger partial charge in [-0.15, -0.1) is 0 Å². The molecule has 1 saturated carbocycles. The number of rotatable bonds is 2. The maximum Gasteiger partial charge on any atom is 0.408 e. The number of hydrogen-bond acceptors (Lipinski definition) is 5. The van der Waals surface area contributed by atoms with Crippen LogP contribution in [0.15, 0.2) is 0 Å². The van der Waals surface area contributed by atoms with Crippen molar-refractivity contribution in [3.63, 3.8) is 0 Å². The molecule has 104 valence electrons. The van der Waals surface area contributed by atoms with Gasteiger partial charge in [0.15, 0.2) is 0 Å². The van der Waals surface area contributed by atoms with Crippen molar-refractivity contribution < 1.29 is 24.2 Å². The van der Waals surface area contributed by atoms with Crippen LogP contribution in [0.1, 0.15) is 40.0 Å². The minimum absolute atomic E-state index is 0.152. The van der Waals surface area contributed by atoms with E-state index in [4.69, 9.17) is 9.47 Å². The number of methoxy groups -OCH3 is 1. The lowest BCUT2D eigenvalue weighted by atomic mass is 9.98. The third-order valence-corrected chi connectivity index (χ3v) is 2.80. The molecule has 0 aromatic rings. The number of aliphatic hydroxyl groups is 1. The molecule has 1 aliphatic rings. The van der Waals surface area contributed by atoms with Gasteiger partial charge < -0.3 is 19.9 Å². The largest absolute Gasteiger partial charge is 0.467 e. The third kappa shape index (κ3) is 3.60. The molecule has 1 aliphatic carbocycles. The molecule has 0 heterocycles. The quantitative estimate of drug-likeness (QED) is 0.722. The van der Waals surface area contributed by atoms with Crippen LogP contribution in [0, 0.1) is 0 Å². The van der Waals surface area contributed by atoms with E-state index in [0.29, 0.717) is 12.8 Å². The van der Waals surface area contributed by atoms with Crippen molar-refractivity contribution in [1.29, 1.82) is 0 Å². The summed E-state index contributed by atoms with van der Waals surface area (Å²) < 4.78 is 9.81. The van der Waals surface area contributed by atoms with Crippen LogP contribution in [0.25, 0.3) is 0 Å². The lowest BCUT2D eigenvalue weighted by Gasteiger charge is -2.29. The summed E-state index contributed by atoms with van der Waals surface area (Å²) in [5, 5.41) is 12.1. The van der Waals surface area contributed by atoms with Gasteiger partial charge in [0.1, 0.15) is 11.1 Å². The summed E-state index contributed by atoms with van der Waals surface area (Å²) >= 11 is 0. The van der Waals surface area contributed by atoms with Crippen LogP contribution >= 0.6 is 0 Å². The number of aliphatic hydroxyl groups excluding tert-OH is 1. The predicted octanol–water partition coefficient (Wildman–Crippen LogP) is 0.968. The Morgan fingerprint density at radius 3 is 2.39 bits per heavy atom. The molecule has 6 heteroatoms. The molecule has 1 rings (SSSR count). The Balaban J connectivity index is 2.75. The molecular weight excluding hydrogens is 238 g/mol. The summed E-state index contributed by atoms with van der Waals surface area (Å²) in [6, 6.07) is 0. The van der Waals surface area contributed by atoms with Crippen LogP contribution in [0.4, 0.5) is 4.79 Å². The molecule has 6 nitrogen and oxygen atoms in total. The lowest BCUT2D eigenvalue weighted by Crippen LogP contribution is -2.54. The van der Waals surface area contributed by atoms with Crippen LogP contribution in [-0.2, 0) is 14.3 Å². The van der Waals surface area contributed by atoms with Crippen molar-refractivity contribution in [3.05, 3.63) is 0 Å². The average Bonchev–Trinajstić information content (AvgIpc) is 2.57. The molecule has 0 spiro atoms. The van der Waals surface area contributed by atoms with E-state index in [0.717, 1.165) is 0 Å². The van der Waals surface area contributed by atoms with E-state index < -0.39 is 29.3 Å². The highest BCUT2D eigenvalue weighted by atomic mass is 16.6. The normalized spacial score (nSPS) is 27.7. The Morgan fingerprint density at radius 1 is 1.39 bits per heavy atom. The Hall–Kier alpha value is -1.30. The number of ether oxygens (including phenoxy) is 2. The number of carbonyl (C=O) groups is 2. The fourth-order valence-electron chi connectivity index (χ4n) is 2.06. The molecule has 1 amide bonds. The van der Waals surface area contributed by atoms with E-state index in [1.807, 2.05) is 0 Å². The van der Waals surface area contributed by atoms with Gasteiger partial charge >= 0.3 is 12.1 Å². The van der Waals surface area contributed by atoms with Gasteiger partial charge in [-0.3, -0.25) is 0 Å². The van der Waals surface area contributed by atoms with E-state index in [-0.39, 0.29) is 6.42 Å². The second kappa shape index (κ2) is 5.14. The zero-order valence-electron chi connectivity index (χ0n) is 11.3. The number of carbonyl (C=O) groups excluding carboxylic acids is 2. The van der Waals surface area contributed by atoms with E-state index in [2.05, 4.69) is 5.32 Å². The van der Waals surface area contributed by atoms with Crippen molar-refractivity contribution >= 4 is 12.1 Å². The van der Waals surface area contributed by atoms with E-state index in [1.54, 1.807) is 20.8 Å². The van der Waals surface area contributed by atoms with Gasteiger partial charge in [0.25, 0.3) is 0 Å². The Bertz CT molecular complexity index is 336. The van der Waals surface area contributed by atoms with Crippen molar-refractivity contribution in [2.24, 2.45) is 0 Å². The van der Waals surface area contributed by atoms with Gasteiger partial charge in [-0.2, -0.15) is 0 Å². The zero-order chi connectivity index (χ0) is 14.0. The first-order valence-electron chi connectivity index (χ1n) is 5.96. The first kappa shape index (κ1) is 14.8. The first-order valence-corrected chi connectivity index (χ1v) is 5.96. The SMILES string of the molecule is COC(=O)[C@@]1(NC(=O)OC(C)(C)C)CC[C@@H](O)C1. The maximum atomic E-state index is 11.8. The molecule has 0 aromatic carbocycles.